The molecule has 21 heavy (non-hydrogen) atoms. The van der Waals surface area contributed by atoms with E-state index < -0.39 is 5.97 Å². The molecule has 1 heterocycles. The van der Waals surface area contributed by atoms with E-state index in [0.717, 1.165) is 17.2 Å². The minimum absolute atomic E-state index is 0. The van der Waals surface area contributed by atoms with E-state index in [1.165, 1.54) is 10.8 Å². The third-order valence-electron chi connectivity index (χ3n) is 2.45. The van der Waals surface area contributed by atoms with E-state index >= 15 is 0 Å². The molecule has 0 amide bonds. The summed E-state index contributed by atoms with van der Waals surface area (Å²) >= 11 is 1.68. The fourth-order valence-electron chi connectivity index (χ4n) is 1.53. The molecule has 0 fully saturated rings. The Morgan fingerprint density at radius 1 is 1.05 bits per heavy atom. The number of hydrogen-bond donors (Lipinski definition) is 0. The van der Waals surface area contributed by atoms with Crippen LogP contribution in [0.25, 0.3) is 16.3 Å². The maximum atomic E-state index is 9.97. The molecule has 3 nitrogen and oxygen atoms in total. The first-order chi connectivity index (χ1) is 9.75. The van der Waals surface area contributed by atoms with Crippen LogP contribution in [-0.2, 0) is 4.79 Å². The van der Waals surface area contributed by atoms with Gasteiger partial charge in [-0.15, -0.1) is 11.3 Å². The van der Waals surface area contributed by atoms with Crippen LogP contribution in [0.15, 0.2) is 66.2 Å². The molecule has 5 heteroatoms. The second kappa shape index (κ2) is 9.47. The number of rotatable bonds is 2. The molecular weight excluding hydrogens is 293 g/mol. The summed E-state index contributed by atoms with van der Waals surface area (Å²) in [5, 5.41) is 9.97. The molecule has 1 aromatic heterocycles. The maximum Gasteiger partial charge on any atom is 1.00 e. The molecule has 0 saturated heterocycles. The fourth-order valence-corrected chi connectivity index (χ4v) is 2.21. The standard InChI is InChI=1S/C9H8O2.C7H5NS.Na/c10-9(11)7-6-8-4-2-1-3-5-8;1-2-4-7-6(3-1)8-5-9-7;/h1-7H,(H,10,11);1-5H;/q;;+1/p-1. The van der Waals surface area contributed by atoms with Crippen LogP contribution in [0.5, 0.6) is 0 Å². The van der Waals surface area contributed by atoms with Crippen LogP contribution in [0.1, 0.15) is 5.56 Å². The number of aromatic nitrogens is 1. The fraction of sp³-hybridized carbons (Fsp3) is 0. The van der Waals surface area contributed by atoms with Crippen molar-refractivity contribution in [3.8, 4) is 0 Å². The van der Waals surface area contributed by atoms with Gasteiger partial charge in [0.15, 0.2) is 0 Å². The molecule has 0 spiro atoms. The summed E-state index contributed by atoms with van der Waals surface area (Å²) in [5.41, 5.74) is 3.82. The van der Waals surface area contributed by atoms with Crippen molar-refractivity contribution in [3.63, 3.8) is 0 Å². The molecule has 100 valence electrons. The number of para-hydroxylation sites is 1. The normalized spacial score (nSPS) is 9.71. The summed E-state index contributed by atoms with van der Waals surface area (Å²) in [5.74, 6) is -1.17. The van der Waals surface area contributed by atoms with Crippen molar-refractivity contribution in [3.05, 3.63) is 71.7 Å². The van der Waals surface area contributed by atoms with Crippen LogP contribution in [0, 0.1) is 0 Å². The van der Waals surface area contributed by atoms with Gasteiger partial charge in [0, 0.05) is 0 Å². The molecule has 0 aliphatic rings. The number of benzene rings is 2. The Hall–Kier alpha value is -1.46. The summed E-state index contributed by atoms with van der Waals surface area (Å²) in [7, 11) is 0. The Balaban J connectivity index is 0.000000203. The van der Waals surface area contributed by atoms with E-state index in [1.54, 1.807) is 11.3 Å². The number of carbonyl (C=O) groups is 1. The van der Waals surface area contributed by atoms with Crippen LogP contribution in [0.2, 0.25) is 0 Å². The van der Waals surface area contributed by atoms with Crippen molar-refractivity contribution < 1.29 is 39.5 Å². The predicted octanol–water partition coefficient (Wildman–Crippen LogP) is -0.250. The number of aliphatic carboxylic acids is 1. The van der Waals surface area contributed by atoms with Crippen molar-refractivity contribution in [2.75, 3.05) is 0 Å². The summed E-state index contributed by atoms with van der Waals surface area (Å²) in [6, 6.07) is 17.3. The summed E-state index contributed by atoms with van der Waals surface area (Å²) in [6.07, 6.45) is 2.50. The summed E-state index contributed by atoms with van der Waals surface area (Å²) < 4.78 is 1.26. The van der Waals surface area contributed by atoms with Gasteiger partial charge in [-0.1, -0.05) is 48.5 Å². The van der Waals surface area contributed by atoms with Gasteiger partial charge in [-0.05, 0) is 23.8 Å². The van der Waals surface area contributed by atoms with Crippen molar-refractivity contribution in [1.29, 1.82) is 0 Å². The van der Waals surface area contributed by atoms with Gasteiger partial charge in [-0.3, -0.25) is 0 Å². The Bertz CT molecular complexity index is 680. The van der Waals surface area contributed by atoms with E-state index in [1.807, 2.05) is 54.0 Å². The molecule has 3 rings (SSSR count). The van der Waals surface area contributed by atoms with Gasteiger partial charge < -0.3 is 9.90 Å². The third-order valence-corrected chi connectivity index (χ3v) is 3.26. The monoisotopic (exact) mass is 305 g/mol. The number of hydrogen-bond acceptors (Lipinski definition) is 4. The molecule has 0 saturated carbocycles. The minimum atomic E-state index is -1.17. The number of carbonyl (C=O) groups excluding carboxylic acids is 1. The first-order valence-corrected chi connectivity index (χ1v) is 6.86. The number of carboxylic acid groups (broad SMARTS) is 1. The number of thiazole rings is 1. The summed E-state index contributed by atoms with van der Waals surface area (Å²) in [6.45, 7) is 0. The van der Waals surface area contributed by atoms with E-state index in [4.69, 9.17) is 0 Å². The van der Waals surface area contributed by atoms with Crippen molar-refractivity contribution in [2.24, 2.45) is 0 Å². The van der Waals surface area contributed by atoms with Crippen LogP contribution in [0.4, 0.5) is 0 Å². The first-order valence-electron chi connectivity index (χ1n) is 5.98. The average Bonchev–Trinajstić information content (AvgIpc) is 2.95. The van der Waals surface area contributed by atoms with E-state index in [9.17, 15) is 9.90 Å². The van der Waals surface area contributed by atoms with Crippen LogP contribution >= 0.6 is 11.3 Å². The van der Waals surface area contributed by atoms with E-state index in [-0.39, 0.29) is 29.6 Å². The van der Waals surface area contributed by atoms with E-state index in [2.05, 4.69) is 11.1 Å². The summed E-state index contributed by atoms with van der Waals surface area (Å²) in [4.78, 5) is 14.1. The van der Waals surface area contributed by atoms with Crippen LogP contribution < -0.4 is 34.7 Å². The Morgan fingerprint density at radius 3 is 2.38 bits per heavy atom. The van der Waals surface area contributed by atoms with Crippen LogP contribution in [0.3, 0.4) is 0 Å². The van der Waals surface area contributed by atoms with Gasteiger partial charge in [0.1, 0.15) is 0 Å². The van der Waals surface area contributed by atoms with Gasteiger partial charge in [0.05, 0.1) is 21.7 Å². The second-order valence-electron chi connectivity index (χ2n) is 3.88. The second-order valence-corrected chi connectivity index (χ2v) is 4.77. The van der Waals surface area contributed by atoms with Crippen molar-refractivity contribution in [2.45, 2.75) is 0 Å². The molecule has 0 N–H and O–H groups in total. The van der Waals surface area contributed by atoms with Gasteiger partial charge in [0.2, 0.25) is 0 Å². The molecule has 2 aromatic carbocycles. The van der Waals surface area contributed by atoms with Gasteiger partial charge >= 0.3 is 29.6 Å². The Kier molecular flexibility index (Phi) is 7.93. The zero-order chi connectivity index (χ0) is 14.2. The number of carboxylic acids is 1. The first kappa shape index (κ1) is 17.6. The van der Waals surface area contributed by atoms with Crippen LogP contribution in [-0.4, -0.2) is 11.0 Å². The maximum absolute atomic E-state index is 9.97. The van der Waals surface area contributed by atoms with Crippen molar-refractivity contribution in [1.82, 2.24) is 4.98 Å². The van der Waals surface area contributed by atoms with Crippen molar-refractivity contribution >= 4 is 33.6 Å². The molecular formula is C16H12NNaO2S. The van der Waals surface area contributed by atoms with Gasteiger partial charge in [-0.2, -0.15) is 0 Å². The molecule has 0 atom stereocenters. The quantitative estimate of drug-likeness (QED) is 0.485. The SMILES string of the molecule is O=C([O-])C=Cc1ccccc1.[Na+].c1ccc2scnc2c1. The minimum Gasteiger partial charge on any atom is -0.545 e. The zero-order valence-corrected chi connectivity index (χ0v) is 14.4. The molecule has 0 bridgehead atoms. The third kappa shape index (κ3) is 6.23. The Morgan fingerprint density at radius 2 is 1.71 bits per heavy atom. The molecule has 0 aliphatic heterocycles. The molecule has 3 aromatic rings. The Labute approximate surface area is 149 Å². The molecule has 0 aliphatic carbocycles. The molecule has 0 unspecified atom stereocenters. The molecule has 0 radical (unpaired) electrons. The zero-order valence-electron chi connectivity index (χ0n) is 11.6. The van der Waals surface area contributed by atoms with E-state index in [0.29, 0.717) is 0 Å². The number of fused-ring (bicyclic) bond motifs is 1. The van der Waals surface area contributed by atoms with Gasteiger partial charge in [0.25, 0.3) is 0 Å². The topological polar surface area (TPSA) is 53.0 Å². The largest absolute Gasteiger partial charge is 1.00 e. The smallest absolute Gasteiger partial charge is 0.545 e. The average molecular weight is 305 g/mol. The number of nitrogens with zero attached hydrogens (tertiary/aromatic N) is 1. The van der Waals surface area contributed by atoms with Gasteiger partial charge in [-0.25, -0.2) is 4.98 Å². The predicted molar refractivity (Wildman–Crippen MR) is 80.1 cm³/mol.